The van der Waals surface area contributed by atoms with Gasteiger partial charge in [-0.2, -0.15) is 10.4 Å². The topological polar surface area (TPSA) is 85.0 Å². The van der Waals surface area contributed by atoms with Gasteiger partial charge in [-0.05, 0) is 72.3 Å². The summed E-state index contributed by atoms with van der Waals surface area (Å²) < 4.78 is 47.0. The minimum Gasteiger partial charge on any atom is -0.489 e. The third kappa shape index (κ3) is 5.79. The van der Waals surface area contributed by atoms with Crippen LogP contribution in [0.25, 0.3) is 23.0 Å². The summed E-state index contributed by atoms with van der Waals surface area (Å²) in [5, 5.41) is 14.5. The highest BCUT2D eigenvalue weighted by Crippen LogP contribution is 2.29. The van der Waals surface area contributed by atoms with Crippen LogP contribution in [0.15, 0.2) is 125 Å². The van der Waals surface area contributed by atoms with Crippen molar-refractivity contribution < 1.29 is 17.5 Å². The second-order valence-electron chi connectivity index (χ2n) is 8.59. The minimum absolute atomic E-state index is 0.0393. The molecule has 1 aromatic heterocycles. The van der Waals surface area contributed by atoms with Crippen molar-refractivity contribution in [1.29, 1.82) is 5.26 Å². The molecule has 0 spiro atoms. The van der Waals surface area contributed by atoms with E-state index < -0.39 is 9.84 Å². The summed E-state index contributed by atoms with van der Waals surface area (Å²) in [6.45, 7) is 0.277. The maximum atomic E-state index is 13.2. The second kappa shape index (κ2) is 11.2. The standard InChI is InChI=1S/C31H22FN3O3S/c32-26-15-11-23(12-16-26)22-38-28-17-13-24(14-18-28)31-25(21-35(34-31)27-7-3-1-4-8-27)19-30(20-33)39(36,37)29-9-5-2-6-10-29/h1-19,21H,22H2. The van der Waals surface area contributed by atoms with E-state index in [1.54, 1.807) is 53.3 Å². The van der Waals surface area contributed by atoms with Crippen LogP contribution in [0.4, 0.5) is 4.39 Å². The maximum Gasteiger partial charge on any atom is 0.216 e. The van der Waals surface area contributed by atoms with E-state index in [9.17, 15) is 18.1 Å². The number of hydrogen-bond acceptors (Lipinski definition) is 5. The molecule has 8 heteroatoms. The molecule has 0 amide bonds. The lowest BCUT2D eigenvalue weighted by atomic mass is 10.1. The van der Waals surface area contributed by atoms with Gasteiger partial charge in [0.25, 0.3) is 0 Å². The summed E-state index contributed by atoms with van der Waals surface area (Å²) in [6, 6.07) is 32.4. The zero-order valence-electron chi connectivity index (χ0n) is 20.6. The van der Waals surface area contributed by atoms with Crippen molar-refractivity contribution >= 4 is 15.9 Å². The van der Waals surface area contributed by atoms with Gasteiger partial charge in [0.2, 0.25) is 9.84 Å². The van der Waals surface area contributed by atoms with E-state index in [-0.39, 0.29) is 22.2 Å². The Kier molecular flexibility index (Phi) is 7.34. The molecule has 192 valence electrons. The van der Waals surface area contributed by atoms with E-state index in [1.807, 2.05) is 48.5 Å². The number of benzene rings is 4. The molecule has 0 aliphatic carbocycles. The molecule has 0 saturated carbocycles. The monoisotopic (exact) mass is 535 g/mol. The fourth-order valence-corrected chi connectivity index (χ4v) is 5.10. The molecule has 6 nitrogen and oxygen atoms in total. The SMILES string of the molecule is N#CC(=Cc1cn(-c2ccccc2)nc1-c1ccc(OCc2ccc(F)cc2)cc1)S(=O)(=O)c1ccccc1. The zero-order valence-corrected chi connectivity index (χ0v) is 21.4. The van der Waals surface area contributed by atoms with Gasteiger partial charge in [0.15, 0.2) is 0 Å². The van der Waals surface area contributed by atoms with E-state index in [4.69, 9.17) is 9.84 Å². The molecule has 0 aliphatic heterocycles. The first kappa shape index (κ1) is 25.6. The van der Waals surface area contributed by atoms with Gasteiger partial charge >= 0.3 is 0 Å². The predicted octanol–water partition coefficient (Wildman–Crippen LogP) is 6.60. The summed E-state index contributed by atoms with van der Waals surface area (Å²) in [5.74, 6) is 0.297. The molecule has 0 fully saturated rings. The fourth-order valence-electron chi connectivity index (χ4n) is 3.92. The van der Waals surface area contributed by atoms with Crippen molar-refractivity contribution in [2.45, 2.75) is 11.5 Å². The molecular formula is C31H22FN3O3S. The maximum absolute atomic E-state index is 13.2. The molecule has 0 unspecified atom stereocenters. The molecule has 0 aliphatic rings. The minimum atomic E-state index is -4.03. The Morgan fingerprint density at radius 1 is 0.897 bits per heavy atom. The average Bonchev–Trinajstić information content (AvgIpc) is 3.40. The van der Waals surface area contributed by atoms with Crippen molar-refractivity contribution in [3.05, 3.63) is 137 Å². The molecular weight excluding hydrogens is 513 g/mol. The average molecular weight is 536 g/mol. The van der Waals surface area contributed by atoms with Gasteiger partial charge < -0.3 is 4.74 Å². The molecule has 5 aromatic rings. The third-order valence-corrected chi connectivity index (χ3v) is 7.63. The lowest BCUT2D eigenvalue weighted by Crippen LogP contribution is -2.03. The summed E-state index contributed by atoms with van der Waals surface area (Å²) in [7, 11) is -4.03. The molecule has 5 rings (SSSR count). The first-order valence-corrected chi connectivity index (χ1v) is 13.5. The number of aromatic nitrogens is 2. The number of para-hydroxylation sites is 1. The summed E-state index contributed by atoms with van der Waals surface area (Å²) in [4.78, 5) is -0.348. The Labute approximate surface area is 225 Å². The third-order valence-electron chi connectivity index (χ3n) is 5.95. The summed E-state index contributed by atoms with van der Waals surface area (Å²) in [5.41, 5.74) is 3.29. The van der Waals surface area contributed by atoms with Gasteiger partial charge in [-0.1, -0.05) is 48.5 Å². The van der Waals surface area contributed by atoms with Crippen LogP contribution in [0.1, 0.15) is 11.1 Å². The zero-order chi connectivity index (χ0) is 27.2. The Hall–Kier alpha value is -5.00. The number of hydrogen-bond donors (Lipinski definition) is 0. The Bertz CT molecular complexity index is 1760. The van der Waals surface area contributed by atoms with Gasteiger partial charge in [0.05, 0.1) is 10.6 Å². The van der Waals surface area contributed by atoms with E-state index in [2.05, 4.69) is 0 Å². The number of nitriles is 1. The molecule has 0 N–H and O–H groups in total. The predicted molar refractivity (Wildman–Crippen MR) is 147 cm³/mol. The highest BCUT2D eigenvalue weighted by molar-refractivity contribution is 7.95. The first-order chi connectivity index (χ1) is 18.9. The van der Waals surface area contributed by atoms with E-state index in [1.165, 1.54) is 30.3 Å². The van der Waals surface area contributed by atoms with Gasteiger partial charge in [-0.25, -0.2) is 17.5 Å². The van der Waals surface area contributed by atoms with E-state index >= 15 is 0 Å². The number of halogens is 1. The molecule has 4 aromatic carbocycles. The molecule has 0 radical (unpaired) electrons. The number of rotatable bonds is 8. The van der Waals surface area contributed by atoms with Crippen LogP contribution >= 0.6 is 0 Å². The molecule has 0 bridgehead atoms. The summed E-state index contributed by atoms with van der Waals surface area (Å²) >= 11 is 0. The van der Waals surface area contributed by atoms with Crippen LogP contribution in [0.5, 0.6) is 5.75 Å². The molecule has 0 saturated heterocycles. The lowest BCUT2D eigenvalue weighted by Gasteiger charge is -2.07. The Morgan fingerprint density at radius 2 is 1.54 bits per heavy atom. The molecule has 0 atom stereocenters. The van der Waals surface area contributed by atoms with E-state index in [0.717, 1.165) is 11.3 Å². The van der Waals surface area contributed by atoms with Crippen molar-refractivity contribution in [3.63, 3.8) is 0 Å². The van der Waals surface area contributed by atoms with Crippen molar-refractivity contribution in [2.75, 3.05) is 0 Å². The van der Waals surface area contributed by atoms with Crippen molar-refractivity contribution in [3.8, 4) is 28.8 Å². The largest absolute Gasteiger partial charge is 0.489 e. The normalized spacial score (nSPS) is 11.6. The van der Waals surface area contributed by atoms with Gasteiger partial charge in [-0.3, -0.25) is 0 Å². The molecule has 1 heterocycles. The quantitative estimate of drug-likeness (QED) is 0.209. The number of sulfone groups is 1. The highest BCUT2D eigenvalue weighted by Gasteiger charge is 2.22. The van der Waals surface area contributed by atoms with Crippen LogP contribution in [0, 0.1) is 17.1 Å². The smallest absolute Gasteiger partial charge is 0.216 e. The van der Waals surface area contributed by atoms with Gasteiger partial charge in [-0.15, -0.1) is 0 Å². The van der Waals surface area contributed by atoms with Crippen LogP contribution in [0.2, 0.25) is 0 Å². The number of allylic oxidation sites excluding steroid dienone is 1. The Balaban J connectivity index is 1.50. The number of nitrogens with zero attached hydrogens (tertiary/aromatic N) is 3. The number of ether oxygens (including phenoxy) is 1. The second-order valence-corrected chi connectivity index (χ2v) is 10.5. The van der Waals surface area contributed by atoms with Crippen LogP contribution in [-0.4, -0.2) is 18.2 Å². The van der Waals surface area contributed by atoms with Crippen molar-refractivity contribution in [2.24, 2.45) is 0 Å². The first-order valence-electron chi connectivity index (χ1n) is 12.0. The van der Waals surface area contributed by atoms with Gasteiger partial charge in [0.1, 0.15) is 34.8 Å². The van der Waals surface area contributed by atoms with Crippen LogP contribution in [0.3, 0.4) is 0 Å². The molecule has 39 heavy (non-hydrogen) atoms. The van der Waals surface area contributed by atoms with Gasteiger partial charge in [0, 0.05) is 17.3 Å². The van der Waals surface area contributed by atoms with Crippen LogP contribution in [-0.2, 0) is 16.4 Å². The van der Waals surface area contributed by atoms with E-state index in [0.29, 0.717) is 22.6 Å². The van der Waals surface area contributed by atoms with Crippen molar-refractivity contribution in [1.82, 2.24) is 9.78 Å². The Morgan fingerprint density at radius 3 is 2.18 bits per heavy atom. The lowest BCUT2D eigenvalue weighted by molar-refractivity contribution is 0.306. The highest BCUT2D eigenvalue weighted by atomic mass is 32.2. The fraction of sp³-hybridized carbons (Fsp3) is 0.0323. The van der Waals surface area contributed by atoms with Crippen LogP contribution < -0.4 is 4.74 Å². The summed E-state index contributed by atoms with van der Waals surface area (Å²) in [6.07, 6.45) is 3.05.